The van der Waals surface area contributed by atoms with Crippen molar-refractivity contribution in [3.05, 3.63) is 29.6 Å². The topological polar surface area (TPSA) is 32.3 Å². The van der Waals surface area contributed by atoms with Crippen LogP contribution in [0, 0.1) is 5.82 Å². The van der Waals surface area contributed by atoms with Gasteiger partial charge in [0, 0.05) is 18.8 Å². The smallest absolute Gasteiger partial charge is 0.396 e. The number of benzene rings is 1. The quantitative estimate of drug-likeness (QED) is 0.587. The third-order valence-corrected chi connectivity index (χ3v) is 2.69. The van der Waals surface area contributed by atoms with Crippen LogP contribution < -0.4 is 5.32 Å². The van der Waals surface area contributed by atoms with Crippen LogP contribution in [0.4, 0.5) is 23.2 Å². The second-order valence-electron chi connectivity index (χ2n) is 4.26. The second kappa shape index (κ2) is 7.33. The fourth-order valence-electron chi connectivity index (χ4n) is 1.68. The first kappa shape index (κ1) is 15.8. The van der Waals surface area contributed by atoms with Gasteiger partial charge >= 0.3 is 6.18 Å². The van der Waals surface area contributed by atoms with Gasteiger partial charge in [-0.3, -0.25) is 0 Å². The highest BCUT2D eigenvalue weighted by Crippen LogP contribution is 2.32. The van der Waals surface area contributed by atoms with Crippen molar-refractivity contribution < 1.29 is 22.7 Å². The van der Waals surface area contributed by atoms with E-state index < -0.39 is 17.6 Å². The van der Waals surface area contributed by atoms with Gasteiger partial charge in [0.1, 0.15) is 5.82 Å². The molecule has 0 spiro atoms. The van der Waals surface area contributed by atoms with E-state index in [4.69, 9.17) is 5.11 Å². The van der Waals surface area contributed by atoms with Crippen LogP contribution in [0.15, 0.2) is 18.2 Å². The molecule has 0 aliphatic heterocycles. The van der Waals surface area contributed by atoms with Crippen LogP contribution in [0.3, 0.4) is 0 Å². The maximum absolute atomic E-state index is 13.0. The Morgan fingerprint density at radius 1 is 1.05 bits per heavy atom. The van der Waals surface area contributed by atoms with E-state index in [0.717, 1.165) is 37.8 Å². The zero-order chi connectivity index (χ0) is 14.3. The van der Waals surface area contributed by atoms with E-state index >= 15 is 0 Å². The number of halogens is 4. The van der Waals surface area contributed by atoms with E-state index in [-0.39, 0.29) is 12.3 Å². The van der Waals surface area contributed by atoms with Gasteiger partial charge in [0.15, 0.2) is 0 Å². The summed E-state index contributed by atoms with van der Waals surface area (Å²) in [5, 5.41) is 11.4. The van der Waals surface area contributed by atoms with Gasteiger partial charge in [-0.25, -0.2) is 4.39 Å². The van der Waals surface area contributed by atoms with E-state index in [1.807, 2.05) is 0 Å². The number of rotatable bonds is 7. The molecule has 108 valence electrons. The third kappa shape index (κ3) is 5.46. The van der Waals surface area contributed by atoms with Gasteiger partial charge in [0.2, 0.25) is 0 Å². The molecule has 0 aliphatic rings. The van der Waals surface area contributed by atoms with Crippen LogP contribution in [-0.2, 0) is 6.18 Å². The summed E-state index contributed by atoms with van der Waals surface area (Å²) >= 11 is 0. The van der Waals surface area contributed by atoms with E-state index in [2.05, 4.69) is 5.32 Å². The molecule has 2 N–H and O–H groups in total. The zero-order valence-corrected chi connectivity index (χ0v) is 10.4. The third-order valence-electron chi connectivity index (χ3n) is 2.69. The van der Waals surface area contributed by atoms with Gasteiger partial charge in [0.25, 0.3) is 0 Å². The Labute approximate surface area is 109 Å². The van der Waals surface area contributed by atoms with Crippen LogP contribution >= 0.6 is 0 Å². The first-order chi connectivity index (χ1) is 8.95. The molecule has 0 saturated carbocycles. The summed E-state index contributed by atoms with van der Waals surface area (Å²) in [6.45, 7) is 0.675. The minimum absolute atomic E-state index is 0.153. The fraction of sp³-hybridized carbons (Fsp3) is 0.538. The Morgan fingerprint density at radius 2 is 1.74 bits per heavy atom. The number of anilines is 1. The van der Waals surface area contributed by atoms with Gasteiger partial charge in [-0.2, -0.15) is 13.2 Å². The lowest BCUT2D eigenvalue weighted by molar-refractivity contribution is -0.139. The molecule has 0 saturated heterocycles. The van der Waals surface area contributed by atoms with Crippen LogP contribution in [0.5, 0.6) is 0 Å². The van der Waals surface area contributed by atoms with E-state index in [9.17, 15) is 17.6 Å². The predicted molar refractivity (Wildman–Crippen MR) is 65.4 cm³/mol. The van der Waals surface area contributed by atoms with Gasteiger partial charge < -0.3 is 10.4 Å². The number of unbranched alkanes of at least 4 members (excludes halogenated alkanes) is 3. The fourth-order valence-corrected chi connectivity index (χ4v) is 1.68. The second-order valence-corrected chi connectivity index (χ2v) is 4.26. The summed E-state index contributed by atoms with van der Waals surface area (Å²) in [7, 11) is 0. The predicted octanol–water partition coefficient (Wildman–Crippen LogP) is 3.81. The Balaban J connectivity index is 2.47. The van der Waals surface area contributed by atoms with Crippen molar-refractivity contribution in [2.24, 2.45) is 0 Å². The van der Waals surface area contributed by atoms with Crippen molar-refractivity contribution in [1.29, 1.82) is 0 Å². The molecule has 1 rings (SSSR count). The molecule has 0 heterocycles. The zero-order valence-electron chi connectivity index (χ0n) is 10.4. The molecular formula is C13H17F4NO. The first-order valence-corrected chi connectivity index (χ1v) is 6.16. The average molecular weight is 279 g/mol. The molecule has 0 unspecified atom stereocenters. The summed E-state index contributed by atoms with van der Waals surface area (Å²) in [5.41, 5.74) is -0.992. The molecule has 1 aromatic rings. The summed E-state index contributed by atoms with van der Waals surface area (Å²) in [6.07, 6.45) is -1.38. The lowest BCUT2D eigenvalue weighted by atomic mass is 10.1. The van der Waals surface area contributed by atoms with Crippen molar-refractivity contribution in [1.82, 2.24) is 0 Å². The number of aliphatic hydroxyl groups is 1. The number of hydrogen-bond donors (Lipinski definition) is 2. The maximum Gasteiger partial charge on any atom is 0.419 e. The van der Waals surface area contributed by atoms with Crippen LogP contribution in [0.2, 0.25) is 0 Å². The van der Waals surface area contributed by atoms with E-state index in [1.54, 1.807) is 0 Å². The van der Waals surface area contributed by atoms with Gasteiger partial charge in [0.05, 0.1) is 5.56 Å². The van der Waals surface area contributed by atoms with Crippen LogP contribution in [0.1, 0.15) is 31.2 Å². The average Bonchev–Trinajstić information content (AvgIpc) is 2.34. The highest BCUT2D eigenvalue weighted by molar-refractivity contribution is 5.47. The number of aliphatic hydroxyl groups excluding tert-OH is 1. The number of hydrogen-bond acceptors (Lipinski definition) is 2. The van der Waals surface area contributed by atoms with Gasteiger partial charge in [-0.05, 0) is 31.0 Å². The molecule has 1 aromatic carbocycles. The monoisotopic (exact) mass is 279 g/mol. The van der Waals surface area contributed by atoms with E-state index in [1.165, 1.54) is 6.07 Å². The lowest BCUT2D eigenvalue weighted by Crippen LogP contribution is -2.10. The summed E-state index contributed by atoms with van der Waals surface area (Å²) in [5.74, 6) is -1.26. The standard InChI is InChI=1S/C13H17F4NO/c14-12-6-5-10(9-11(12)13(15,16)17)18-7-3-1-2-4-8-19/h5-6,9,18-19H,1-4,7-8H2. The number of nitrogens with one attached hydrogen (secondary N) is 1. The van der Waals surface area contributed by atoms with Crippen molar-refractivity contribution in [3.63, 3.8) is 0 Å². The normalized spacial score (nSPS) is 11.6. The number of alkyl halides is 3. The van der Waals surface area contributed by atoms with Crippen LogP contribution in [-0.4, -0.2) is 18.3 Å². The molecule has 0 radical (unpaired) electrons. The van der Waals surface area contributed by atoms with Crippen molar-refractivity contribution >= 4 is 5.69 Å². The molecule has 2 nitrogen and oxygen atoms in total. The highest BCUT2D eigenvalue weighted by atomic mass is 19.4. The van der Waals surface area contributed by atoms with Crippen molar-refractivity contribution in [3.8, 4) is 0 Å². The Hall–Kier alpha value is -1.30. The molecular weight excluding hydrogens is 262 g/mol. The molecule has 0 aliphatic carbocycles. The molecule has 0 aromatic heterocycles. The molecule has 19 heavy (non-hydrogen) atoms. The molecule has 0 fully saturated rings. The Bertz CT molecular complexity index is 393. The van der Waals surface area contributed by atoms with Gasteiger partial charge in [-0.15, -0.1) is 0 Å². The van der Waals surface area contributed by atoms with E-state index in [0.29, 0.717) is 6.54 Å². The highest BCUT2D eigenvalue weighted by Gasteiger charge is 2.34. The largest absolute Gasteiger partial charge is 0.419 e. The minimum Gasteiger partial charge on any atom is -0.396 e. The van der Waals surface area contributed by atoms with Crippen molar-refractivity contribution in [2.45, 2.75) is 31.9 Å². The van der Waals surface area contributed by atoms with Gasteiger partial charge in [-0.1, -0.05) is 12.8 Å². The first-order valence-electron chi connectivity index (χ1n) is 6.16. The molecule has 6 heteroatoms. The van der Waals surface area contributed by atoms with Crippen LogP contribution in [0.25, 0.3) is 0 Å². The Kier molecular flexibility index (Phi) is 6.08. The molecule has 0 atom stereocenters. The molecule has 0 amide bonds. The van der Waals surface area contributed by atoms with Crippen molar-refractivity contribution in [2.75, 3.05) is 18.5 Å². The maximum atomic E-state index is 13.0. The minimum atomic E-state index is -4.68. The summed E-state index contributed by atoms with van der Waals surface area (Å²) in [6, 6.07) is 2.89. The Morgan fingerprint density at radius 3 is 2.37 bits per heavy atom. The summed E-state index contributed by atoms with van der Waals surface area (Å²) < 4.78 is 50.4. The SMILES string of the molecule is OCCCCCCNc1ccc(F)c(C(F)(F)F)c1. The lowest BCUT2D eigenvalue weighted by Gasteiger charge is -2.11. The molecule has 0 bridgehead atoms. The summed E-state index contributed by atoms with van der Waals surface area (Å²) in [4.78, 5) is 0.